The molecule has 0 radical (unpaired) electrons. The highest BCUT2D eigenvalue weighted by Crippen LogP contribution is 2.31. The van der Waals surface area contributed by atoms with Gasteiger partial charge < -0.3 is 9.72 Å². The fourth-order valence-corrected chi connectivity index (χ4v) is 3.65. The molecule has 0 bridgehead atoms. The minimum absolute atomic E-state index is 0.206. The van der Waals surface area contributed by atoms with E-state index < -0.39 is 5.97 Å². The van der Waals surface area contributed by atoms with E-state index in [0.29, 0.717) is 16.4 Å². The number of amides is 1. The SMILES string of the molecule is C=CCN1C(=O)/C(=C/C(=O)OCC)S/C1=N\Nc1cc(=O)[nH]c2ccc(C)cc12. The number of carbonyl (C=O) groups excluding carboxylic acids is 2. The summed E-state index contributed by atoms with van der Waals surface area (Å²) in [5.74, 6) is -0.956. The Morgan fingerprint density at radius 2 is 2.17 bits per heavy atom. The number of hydrogen-bond acceptors (Lipinski definition) is 7. The quantitative estimate of drug-likeness (QED) is 0.327. The fourth-order valence-electron chi connectivity index (χ4n) is 2.74. The topological polar surface area (TPSA) is 104 Å². The molecular formula is C20H20N4O4S. The Kier molecular flexibility index (Phi) is 6.18. The van der Waals surface area contributed by atoms with Crippen LogP contribution in [0, 0.1) is 6.92 Å². The summed E-state index contributed by atoms with van der Waals surface area (Å²) >= 11 is 1.04. The van der Waals surface area contributed by atoms with Crippen LogP contribution in [-0.2, 0) is 14.3 Å². The number of esters is 1. The molecule has 9 heteroatoms. The van der Waals surface area contributed by atoms with E-state index in [-0.39, 0.29) is 29.5 Å². The third kappa shape index (κ3) is 4.57. The van der Waals surface area contributed by atoms with Gasteiger partial charge >= 0.3 is 5.97 Å². The van der Waals surface area contributed by atoms with Crippen LogP contribution in [0.25, 0.3) is 10.9 Å². The molecule has 29 heavy (non-hydrogen) atoms. The molecule has 0 atom stereocenters. The van der Waals surface area contributed by atoms with Crippen LogP contribution < -0.4 is 11.0 Å². The molecule has 1 fully saturated rings. The number of fused-ring (bicyclic) bond motifs is 1. The molecule has 0 unspecified atom stereocenters. The zero-order chi connectivity index (χ0) is 21.0. The molecule has 3 rings (SSSR count). The van der Waals surface area contributed by atoms with Gasteiger partial charge in [-0.3, -0.25) is 19.9 Å². The maximum atomic E-state index is 12.6. The predicted molar refractivity (Wildman–Crippen MR) is 115 cm³/mol. The lowest BCUT2D eigenvalue weighted by atomic mass is 10.1. The van der Waals surface area contributed by atoms with Crippen LogP contribution in [0.1, 0.15) is 12.5 Å². The largest absolute Gasteiger partial charge is 0.463 e. The zero-order valence-corrected chi connectivity index (χ0v) is 16.8. The van der Waals surface area contributed by atoms with E-state index in [2.05, 4.69) is 22.1 Å². The number of aromatic amines is 1. The van der Waals surface area contributed by atoms with E-state index in [4.69, 9.17) is 4.74 Å². The average Bonchev–Trinajstić information content (AvgIpc) is 2.96. The van der Waals surface area contributed by atoms with Gasteiger partial charge in [-0.05, 0) is 37.7 Å². The van der Waals surface area contributed by atoms with Crippen LogP contribution in [0.2, 0.25) is 0 Å². The summed E-state index contributed by atoms with van der Waals surface area (Å²) in [7, 11) is 0. The molecule has 150 valence electrons. The van der Waals surface area contributed by atoms with Gasteiger partial charge in [0.15, 0.2) is 5.17 Å². The number of carbonyl (C=O) groups is 2. The number of benzene rings is 1. The van der Waals surface area contributed by atoms with Gasteiger partial charge in [0, 0.05) is 24.1 Å². The van der Waals surface area contributed by atoms with Gasteiger partial charge in [0.05, 0.1) is 22.7 Å². The Labute approximate surface area is 171 Å². The van der Waals surface area contributed by atoms with Crippen molar-refractivity contribution in [2.24, 2.45) is 5.10 Å². The Hall–Kier alpha value is -3.33. The van der Waals surface area contributed by atoms with Crippen LogP contribution in [0.4, 0.5) is 5.69 Å². The number of pyridine rings is 1. The van der Waals surface area contributed by atoms with Crippen molar-refractivity contribution in [1.82, 2.24) is 9.88 Å². The monoisotopic (exact) mass is 412 g/mol. The number of thioether (sulfide) groups is 1. The molecule has 1 aliphatic rings. The van der Waals surface area contributed by atoms with E-state index in [0.717, 1.165) is 28.8 Å². The molecule has 0 aliphatic carbocycles. The van der Waals surface area contributed by atoms with Gasteiger partial charge in [0.2, 0.25) is 0 Å². The number of anilines is 1. The zero-order valence-electron chi connectivity index (χ0n) is 16.0. The van der Waals surface area contributed by atoms with Gasteiger partial charge in [-0.1, -0.05) is 17.7 Å². The smallest absolute Gasteiger partial charge is 0.332 e. The third-order valence-corrected chi connectivity index (χ3v) is 5.01. The molecule has 2 N–H and O–H groups in total. The summed E-state index contributed by atoms with van der Waals surface area (Å²) < 4.78 is 4.87. The van der Waals surface area contributed by atoms with E-state index in [1.54, 1.807) is 13.0 Å². The van der Waals surface area contributed by atoms with Gasteiger partial charge in [0.1, 0.15) is 0 Å². The summed E-state index contributed by atoms with van der Waals surface area (Å²) in [5, 5.41) is 5.44. The fraction of sp³-hybridized carbons (Fsp3) is 0.200. The minimum atomic E-state index is -0.591. The molecule has 1 aromatic carbocycles. The van der Waals surface area contributed by atoms with Crippen LogP contribution in [0.15, 0.2) is 57.8 Å². The standard InChI is InChI=1S/C20H20N4O4S/c1-4-8-24-19(27)16(11-18(26)28-5-2)29-20(24)23-22-15-10-17(25)21-14-7-6-12(3)9-13(14)15/h4,6-7,9-11H,1,5,8H2,2-3H3,(H2,21,22,25)/b16-11-,23-20-. The molecular weight excluding hydrogens is 392 g/mol. The van der Waals surface area contributed by atoms with Crippen molar-refractivity contribution >= 4 is 45.4 Å². The first-order chi connectivity index (χ1) is 13.9. The molecule has 0 saturated carbocycles. The highest BCUT2D eigenvalue weighted by molar-refractivity contribution is 8.18. The van der Waals surface area contributed by atoms with Gasteiger partial charge in [-0.2, -0.15) is 0 Å². The lowest BCUT2D eigenvalue weighted by molar-refractivity contribution is -0.137. The molecule has 1 aromatic heterocycles. The number of amidine groups is 1. The summed E-state index contributed by atoms with van der Waals surface area (Å²) in [6.07, 6.45) is 2.72. The second kappa shape index (κ2) is 8.78. The Morgan fingerprint density at radius 1 is 1.38 bits per heavy atom. The van der Waals surface area contributed by atoms with E-state index >= 15 is 0 Å². The maximum absolute atomic E-state index is 12.6. The number of hydrazone groups is 1. The Bertz CT molecular complexity index is 1100. The lowest BCUT2D eigenvalue weighted by Crippen LogP contribution is -2.29. The van der Waals surface area contributed by atoms with Gasteiger partial charge in [-0.15, -0.1) is 11.7 Å². The van der Waals surface area contributed by atoms with Crippen LogP contribution in [0.3, 0.4) is 0 Å². The molecule has 2 aromatic rings. The van der Waals surface area contributed by atoms with Crippen molar-refractivity contribution in [2.75, 3.05) is 18.6 Å². The normalized spacial score (nSPS) is 16.6. The number of H-pyrrole nitrogens is 1. The van der Waals surface area contributed by atoms with E-state index in [1.807, 2.05) is 25.1 Å². The molecule has 1 aliphatic heterocycles. The van der Waals surface area contributed by atoms with Crippen molar-refractivity contribution in [3.63, 3.8) is 0 Å². The maximum Gasteiger partial charge on any atom is 0.332 e. The van der Waals surface area contributed by atoms with E-state index in [9.17, 15) is 14.4 Å². The summed E-state index contributed by atoms with van der Waals surface area (Å²) in [6, 6.07) is 7.05. The van der Waals surface area contributed by atoms with Crippen LogP contribution in [-0.4, -0.2) is 40.1 Å². The average molecular weight is 412 g/mol. The predicted octanol–water partition coefficient (Wildman–Crippen LogP) is 2.73. The summed E-state index contributed by atoms with van der Waals surface area (Å²) in [5.41, 5.74) is 4.82. The third-order valence-electron chi connectivity index (χ3n) is 4.01. The molecule has 0 spiro atoms. The second-order valence-corrected chi connectivity index (χ2v) is 7.18. The highest BCUT2D eigenvalue weighted by Gasteiger charge is 2.33. The number of aromatic nitrogens is 1. The Balaban J connectivity index is 1.95. The number of ether oxygens (including phenoxy) is 1. The number of nitrogens with one attached hydrogen (secondary N) is 2. The number of rotatable bonds is 6. The second-order valence-electron chi connectivity index (χ2n) is 6.17. The van der Waals surface area contributed by atoms with Crippen molar-refractivity contribution < 1.29 is 14.3 Å². The molecule has 2 heterocycles. The van der Waals surface area contributed by atoms with Crippen molar-refractivity contribution in [1.29, 1.82) is 0 Å². The summed E-state index contributed by atoms with van der Waals surface area (Å²) in [4.78, 5) is 40.6. The minimum Gasteiger partial charge on any atom is -0.463 e. The molecule has 1 amide bonds. The van der Waals surface area contributed by atoms with Crippen LogP contribution in [0.5, 0.6) is 0 Å². The van der Waals surface area contributed by atoms with Crippen molar-refractivity contribution in [2.45, 2.75) is 13.8 Å². The van der Waals surface area contributed by atoms with E-state index in [1.165, 1.54) is 11.0 Å². The first kappa shape index (κ1) is 20.4. The first-order valence-corrected chi connectivity index (χ1v) is 9.71. The van der Waals surface area contributed by atoms with Gasteiger partial charge in [-0.25, -0.2) is 4.79 Å². The van der Waals surface area contributed by atoms with Crippen molar-refractivity contribution in [3.05, 3.63) is 63.8 Å². The van der Waals surface area contributed by atoms with Crippen molar-refractivity contribution in [3.8, 4) is 0 Å². The first-order valence-electron chi connectivity index (χ1n) is 8.89. The van der Waals surface area contributed by atoms with Crippen LogP contribution >= 0.6 is 11.8 Å². The molecule has 8 nitrogen and oxygen atoms in total. The lowest BCUT2D eigenvalue weighted by Gasteiger charge is -2.13. The molecule has 1 saturated heterocycles. The Morgan fingerprint density at radius 3 is 2.90 bits per heavy atom. The number of nitrogens with zero attached hydrogens (tertiary/aromatic N) is 2. The van der Waals surface area contributed by atoms with Gasteiger partial charge in [0.25, 0.3) is 11.5 Å². The number of aryl methyl sites for hydroxylation is 1. The highest BCUT2D eigenvalue weighted by atomic mass is 32.2. The number of hydrogen-bond donors (Lipinski definition) is 2. The summed E-state index contributed by atoms with van der Waals surface area (Å²) in [6.45, 7) is 7.73.